The molecule has 88 valence electrons. The molecule has 0 saturated carbocycles. The molecule has 0 aliphatic rings. The predicted octanol–water partition coefficient (Wildman–Crippen LogP) is 1.41. The maximum absolute atomic E-state index is 12.7. The van der Waals surface area contributed by atoms with E-state index in [2.05, 4.69) is 16.7 Å². The Morgan fingerprint density at radius 1 is 1.29 bits per heavy atom. The van der Waals surface area contributed by atoms with Gasteiger partial charge in [0.25, 0.3) is 10.0 Å². The summed E-state index contributed by atoms with van der Waals surface area (Å²) in [6.07, 6.45) is 2.31. The maximum Gasteiger partial charge on any atom is 0.275 e. The highest BCUT2D eigenvalue weighted by Crippen LogP contribution is 2.14. The maximum atomic E-state index is 12.7. The first-order valence-electron chi connectivity index (χ1n) is 4.58. The largest absolute Gasteiger partial charge is 0.275 e. The summed E-state index contributed by atoms with van der Waals surface area (Å²) in [5.41, 5.74) is 0.736. The van der Waals surface area contributed by atoms with Crippen molar-refractivity contribution in [3.8, 4) is 11.4 Å². The van der Waals surface area contributed by atoms with E-state index in [1.807, 2.05) is 0 Å². The fourth-order valence-electron chi connectivity index (χ4n) is 1.19. The van der Waals surface area contributed by atoms with Crippen molar-refractivity contribution in [3.63, 3.8) is 0 Å². The third-order valence-corrected chi connectivity index (χ3v) is 3.17. The van der Waals surface area contributed by atoms with Crippen LogP contribution >= 0.6 is 0 Å². The number of aromatic nitrogens is 3. The van der Waals surface area contributed by atoms with E-state index in [0.29, 0.717) is 11.4 Å². The van der Waals surface area contributed by atoms with Crippen molar-refractivity contribution in [2.75, 3.05) is 0 Å². The lowest BCUT2D eigenvalue weighted by molar-refractivity contribution is 0.589. The lowest BCUT2D eigenvalue weighted by Crippen LogP contribution is -2.09. The van der Waals surface area contributed by atoms with Gasteiger partial charge >= 0.3 is 0 Å². The predicted molar refractivity (Wildman–Crippen MR) is 59.9 cm³/mol. The highest BCUT2D eigenvalue weighted by molar-refractivity contribution is 7.92. The molecule has 0 unspecified atom stereocenters. The Labute approximate surface area is 97.3 Å². The van der Waals surface area contributed by atoms with Crippen LogP contribution in [0.2, 0.25) is 0 Å². The molecule has 17 heavy (non-hydrogen) atoms. The fourth-order valence-corrected chi connectivity index (χ4v) is 1.77. The Kier molecular flexibility index (Phi) is 2.76. The van der Waals surface area contributed by atoms with Gasteiger partial charge in [0.15, 0.2) is 0 Å². The Bertz CT molecular complexity index is 646. The van der Waals surface area contributed by atoms with Crippen LogP contribution in [0.15, 0.2) is 42.6 Å². The van der Waals surface area contributed by atoms with E-state index < -0.39 is 15.8 Å². The highest BCUT2D eigenvalue weighted by atomic mass is 32.2. The highest BCUT2D eigenvalue weighted by Gasteiger charge is 2.11. The Balaban J connectivity index is 2.43. The van der Waals surface area contributed by atoms with Gasteiger partial charge in [-0.05, 0) is 18.2 Å². The van der Waals surface area contributed by atoms with Crippen molar-refractivity contribution in [1.82, 2.24) is 14.2 Å². The smallest absolute Gasteiger partial charge is 0.251 e. The van der Waals surface area contributed by atoms with E-state index >= 15 is 0 Å². The molecule has 2 rings (SSSR count). The monoisotopic (exact) mass is 253 g/mol. The fraction of sp³-hybridized carbons (Fsp3) is 0. The molecule has 0 aliphatic heterocycles. The van der Waals surface area contributed by atoms with E-state index in [0.717, 1.165) is 15.7 Å². The molecular formula is C10H8FN3O2S. The van der Waals surface area contributed by atoms with Gasteiger partial charge in [-0.15, -0.1) is 0 Å². The molecule has 0 saturated heterocycles. The number of halogens is 1. The third kappa shape index (κ3) is 2.23. The van der Waals surface area contributed by atoms with Crippen LogP contribution in [0, 0.1) is 5.82 Å². The third-order valence-electron chi connectivity index (χ3n) is 2.03. The van der Waals surface area contributed by atoms with Gasteiger partial charge < -0.3 is 0 Å². The molecule has 0 fully saturated rings. The van der Waals surface area contributed by atoms with Crippen LogP contribution in [0.1, 0.15) is 0 Å². The molecule has 0 N–H and O–H groups in total. The van der Waals surface area contributed by atoms with Crippen LogP contribution in [0.5, 0.6) is 0 Å². The van der Waals surface area contributed by atoms with Crippen molar-refractivity contribution in [3.05, 3.63) is 48.4 Å². The minimum absolute atomic E-state index is 0.343. The molecule has 0 aromatic carbocycles. The first-order valence-corrected chi connectivity index (χ1v) is 6.09. The standard InChI is InChI=1S/C10H8FN3O2S/c1-2-17(15,16)14-6-5-10(13-14)9-4-3-8(11)7-12-9/h2-7H,1H2. The Morgan fingerprint density at radius 2 is 2.06 bits per heavy atom. The van der Waals surface area contributed by atoms with E-state index in [-0.39, 0.29) is 0 Å². The summed E-state index contributed by atoms with van der Waals surface area (Å²) >= 11 is 0. The minimum Gasteiger partial charge on any atom is -0.251 e. The summed E-state index contributed by atoms with van der Waals surface area (Å²) < 4.78 is 36.2. The molecule has 2 aromatic rings. The van der Waals surface area contributed by atoms with Crippen LogP contribution in [0.4, 0.5) is 4.39 Å². The molecule has 7 heteroatoms. The summed E-state index contributed by atoms with van der Waals surface area (Å²) in [6, 6.07) is 4.12. The zero-order valence-electron chi connectivity index (χ0n) is 8.62. The molecule has 0 spiro atoms. The van der Waals surface area contributed by atoms with Crippen LogP contribution in [-0.4, -0.2) is 22.6 Å². The molecular weight excluding hydrogens is 245 g/mol. The van der Waals surface area contributed by atoms with Crippen LogP contribution < -0.4 is 0 Å². The van der Waals surface area contributed by atoms with Gasteiger partial charge in [-0.2, -0.15) is 17.6 Å². The first-order chi connectivity index (χ1) is 8.03. The van der Waals surface area contributed by atoms with Crippen molar-refractivity contribution < 1.29 is 12.8 Å². The molecule has 5 nitrogen and oxygen atoms in total. The zero-order valence-corrected chi connectivity index (χ0v) is 9.43. The minimum atomic E-state index is -3.63. The average Bonchev–Trinajstić information content (AvgIpc) is 2.80. The van der Waals surface area contributed by atoms with Crippen molar-refractivity contribution in [2.45, 2.75) is 0 Å². The number of hydrogen-bond acceptors (Lipinski definition) is 4. The van der Waals surface area contributed by atoms with Gasteiger partial charge in [0.2, 0.25) is 0 Å². The quantitative estimate of drug-likeness (QED) is 0.829. The zero-order chi connectivity index (χ0) is 12.5. The summed E-state index contributed by atoms with van der Waals surface area (Å²) in [5, 5.41) is 4.62. The molecule has 2 aromatic heterocycles. The second-order valence-electron chi connectivity index (χ2n) is 3.15. The lowest BCUT2D eigenvalue weighted by atomic mass is 10.3. The molecule has 0 bridgehead atoms. The Hall–Kier alpha value is -2.02. The van der Waals surface area contributed by atoms with E-state index in [9.17, 15) is 12.8 Å². The van der Waals surface area contributed by atoms with Crippen molar-refractivity contribution in [2.24, 2.45) is 0 Å². The average molecular weight is 253 g/mol. The van der Waals surface area contributed by atoms with Crippen LogP contribution in [0.3, 0.4) is 0 Å². The SMILES string of the molecule is C=CS(=O)(=O)n1ccc(-c2ccc(F)cn2)n1. The van der Waals surface area contributed by atoms with Crippen LogP contribution in [0.25, 0.3) is 11.4 Å². The van der Waals surface area contributed by atoms with E-state index in [1.54, 1.807) is 0 Å². The van der Waals surface area contributed by atoms with Crippen LogP contribution in [-0.2, 0) is 10.0 Å². The summed E-state index contributed by atoms with van der Waals surface area (Å²) in [5.74, 6) is -0.466. The summed E-state index contributed by atoms with van der Waals surface area (Å²) in [7, 11) is -3.63. The Morgan fingerprint density at radius 3 is 2.65 bits per heavy atom. The number of pyridine rings is 1. The second-order valence-corrected chi connectivity index (χ2v) is 4.88. The van der Waals surface area contributed by atoms with Gasteiger partial charge in [0, 0.05) is 11.6 Å². The number of rotatable bonds is 3. The van der Waals surface area contributed by atoms with E-state index in [4.69, 9.17) is 0 Å². The van der Waals surface area contributed by atoms with Gasteiger partial charge in [0.05, 0.1) is 11.9 Å². The lowest BCUT2D eigenvalue weighted by Gasteiger charge is -1.97. The van der Waals surface area contributed by atoms with Gasteiger partial charge in [-0.1, -0.05) is 6.58 Å². The second kappa shape index (κ2) is 4.10. The van der Waals surface area contributed by atoms with Gasteiger partial charge in [-0.25, -0.2) is 4.39 Å². The molecule has 0 atom stereocenters. The molecule has 2 heterocycles. The number of hydrogen-bond donors (Lipinski definition) is 0. The first kappa shape index (κ1) is 11.5. The van der Waals surface area contributed by atoms with E-state index in [1.165, 1.54) is 24.4 Å². The van der Waals surface area contributed by atoms with Crippen molar-refractivity contribution >= 4 is 10.0 Å². The van der Waals surface area contributed by atoms with Crippen molar-refractivity contribution in [1.29, 1.82) is 0 Å². The molecule has 0 aliphatic carbocycles. The molecule has 0 radical (unpaired) electrons. The van der Waals surface area contributed by atoms with Gasteiger partial charge in [0.1, 0.15) is 11.5 Å². The molecule has 0 amide bonds. The normalized spacial score (nSPS) is 11.4. The topological polar surface area (TPSA) is 64.8 Å². The number of nitrogens with zero attached hydrogens (tertiary/aromatic N) is 3. The van der Waals surface area contributed by atoms with Gasteiger partial charge in [-0.3, -0.25) is 4.98 Å². The summed E-state index contributed by atoms with van der Waals surface area (Å²) in [4.78, 5) is 3.80. The summed E-state index contributed by atoms with van der Waals surface area (Å²) in [6.45, 7) is 3.19.